The number of carbonyl (C=O) groups excluding carboxylic acids is 1. The third-order valence-electron chi connectivity index (χ3n) is 5.36. The van der Waals surface area contributed by atoms with Crippen LogP contribution < -0.4 is 15.5 Å². The van der Waals surface area contributed by atoms with Crippen molar-refractivity contribution in [3.63, 3.8) is 0 Å². The molecule has 1 saturated carbocycles. The van der Waals surface area contributed by atoms with E-state index in [1.54, 1.807) is 7.05 Å². The van der Waals surface area contributed by atoms with Crippen molar-refractivity contribution in [1.82, 2.24) is 15.5 Å². The van der Waals surface area contributed by atoms with E-state index in [1.165, 1.54) is 31.4 Å². The summed E-state index contributed by atoms with van der Waals surface area (Å²) in [5.41, 5.74) is 1.03. The van der Waals surface area contributed by atoms with Gasteiger partial charge in [0.05, 0.1) is 6.54 Å². The summed E-state index contributed by atoms with van der Waals surface area (Å²) in [5, 5.41) is 6.31. The molecule has 0 bridgehead atoms. The molecule has 1 heterocycles. The number of halogens is 1. The monoisotopic (exact) mass is 375 g/mol. The summed E-state index contributed by atoms with van der Waals surface area (Å²) in [6.07, 6.45) is 5.87. The summed E-state index contributed by atoms with van der Waals surface area (Å²) < 4.78 is 13.1. The van der Waals surface area contributed by atoms with E-state index < -0.39 is 0 Å². The minimum absolute atomic E-state index is 0.0352. The Labute approximate surface area is 160 Å². The number of nitrogens with zero attached hydrogens (tertiary/aromatic N) is 3. The van der Waals surface area contributed by atoms with E-state index >= 15 is 0 Å². The number of rotatable bonds is 4. The third-order valence-corrected chi connectivity index (χ3v) is 5.36. The number of benzene rings is 1. The lowest BCUT2D eigenvalue weighted by atomic mass is 9.95. The Bertz CT molecular complexity index is 634. The highest BCUT2D eigenvalue weighted by Crippen LogP contribution is 2.18. The van der Waals surface area contributed by atoms with Crippen molar-refractivity contribution < 1.29 is 9.18 Å². The largest absolute Gasteiger partial charge is 0.368 e. The number of aliphatic imine (C=N–C) groups is 1. The summed E-state index contributed by atoms with van der Waals surface area (Å²) in [6, 6.07) is 6.94. The summed E-state index contributed by atoms with van der Waals surface area (Å²) in [5.74, 6) is 0.578. The van der Waals surface area contributed by atoms with Crippen LogP contribution in [-0.2, 0) is 4.79 Å². The first kappa shape index (κ1) is 19.5. The minimum atomic E-state index is -0.214. The number of nitrogens with one attached hydrogen (secondary N) is 2. The molecule has 6 nitrogen and oxygen atoms in total. The molecule has 27 heavy (non-hydrogen) atoms. The maximum absolute atomic E-state index is 13.1. The van der Waals surface area contributed by atoms with Gasteiger partial charge >= 0.3 is 0 Å². The normalized spacial score (nSPS) is 19.1. The van der Waals surface area contributed by atoms with Crippen molar-refractivity contribution in [2.24, 2.45) is 4.99 Å². The zero-order chi connectivity index (χ0) is 19.1. The van der Waals surface area contributed by atoms with Crippen LogP contribution in [0.2, 0.25) is 0 Å². The van der Waals surface area contributed by atoms with Gasteiger partial charge in [-0.3, -0.25) is 9.79 Å². The van der Waals surface area contributed by atoms with Gasteiger partial charge in [0, 0.05) is 45.0 Å². The van der Waals surface area contributed by atoms with Crippen molar-refractivity contribution in [2.45, 2.75) is 38.1 Å². The van der Waals surface area contributed by atoms with Gasteiger partial charge in [0.25, 0.3) is 0 Å². The van der Waals surface area contributed by atoms with Gasteiger partial charge < -0.3 is 20.4 Å². The molecule has 0 spiro atoms. The number of piperazine rings is 1. The lowest BCUT2D eigenvalue weighted by molar-refractivity contribution is -0.120. The summed E-state index contributed by atoms with van der Waals surface area (Å²) >= 11 is 0. The first-order chi connectivity index (χ1) is 13.2. The molecule has 7 heteroatoms. The number of anilines is 1. The molecule has 0 atom stereocenters. The zero-order valence-electron chi connectivity index (χ0n) is 16.1. The Morgan fingerprint density at radius 3 is 2.41 bits per heavy atom. The predicted molar refractivity (Wildman–Crippen MR) is 107 cm³/mol. The van der Waals surface area contributed by atoms with E-state index in [2.05, 4.69) is 25.4 Å². The average molecular weight is 375 g/mol. The fraction of sp³-hybridized carbons (Fsp3) is 0.600. The van der Waals surface area contributed by atoms with E-state index in [4.69, 9.17) is 0 Å². The molecule has 2 N–H and O–H groups in total. The Hall–Kier alpha value is -2.31. The Morgan fingerprint density at radius 1 is 1.11 bits per heavy atom. The van der Waals surface area contributed by atoms with E-state index in [1.807, 2.05) is 12.1 Å². The van der Waals surface area contributed by atoms with Gasteiger partial charge in [0.1, 0.15) is 5.82 Å². The summed E-state index contributed by atoms with van der Waals surface area (Å²) in [7, 11) is 1.74. The van der Waals surface area contributed by atoms with Crippen molar-refractivity contribution in [3.05, 3.63) is 30.1 Å². The minimum Gasteiger partial charge on any atom is -0.368 e. The van der Waals surface area contributed by atoms with Crippen LogP contribution in [0.3, 0.4) is 0 Å². The average Bonchev–Trinajstić information content (AvgIpc) is 2.70. The van der Waals surface area contributed by atoms with E-state index in [9.17, 15) is 9.18 Å². The van der Waals surface area contributed by atoms with Crippen LogP contribution in [0.1, 0.15) is 32.1 Å². The smallest absolute Gasteiger partial charge is 0.239 e. The molecule has 1 saturated heterocycles. The molecule has 0 unspecified atom stereocenters. The maximum atomic E-state index is 13.1. The second-order valence-electron chi connectivity index (χ2n) is 7.25. The molecule has 0 radical (unpaired) electrons. The summed E-state index contributed by atoms with van der Waals surface area (Å²) in [6.45, 7) is 3.53. The van der Waals surface area contributed by atoms with Crippen LogP contribution in [0.5, 0.6) is 0 Å². The Morgan fingerprint density at radius 2 is 1.78 bits per heavy atom. The molecule has 3 rings (SSSR count). The van der Waals surface area contributed by atoms with Gasteiger partial charge in [-0.05, 0) is 37.1 Å². The van der Waals surface area contributed by atoms with Crippen molar-refractivity contribution >= 4 is 17.6 Å². The molecule has 1 aromatic carbocycles. The molecular weight excluding hydrogens is 345 g/mol. The molecule has 2 fully saturated rings. The molecule has 1 aromatic rings. The Kier molecular flexibility index (Phi) is 6.90. The lowest BCUT2D eigenvalue weighted by Crippen LogP contribution is -2.54. The fourth-order valence-corrected chi connectivity index (χ4v) is 3.85. The molecule has 0 aromatic heterocycles. The van der Waals surface area contributed by atoms with Crippen molar-refractivity contribution in [1.29, 1.82) is 0 Å². The van der Waals surface area contributed by atoms with Crippen LogP contribution in [0.15, 0.2) is 29.3 Å². The quantitative estimate of drug-likeness (QED) is 0.624. The second kappa shape index (κ2) is 9.58. The number of carbonyl (C=O) groups is 1. The topological polar surface area (TPSA) is 60.0 Å². The van der Waals surface area contributed by atoms with E-state index in [0.717, 1.165) is 50.7 Å². The Balaban J connectivity index is 1.43. The van der Waals surface area contributed by atoms with Gasteiger partial charge in [-0.25, -0.2) is 4.39 Å². The second-order valence-corrected chi connectivity index (χ2v) is 7.25. The highest BCUT2D eigenvalue weighted by Gasteiger charge is 2.21. The zero-order valence-corrected chi connectivity index (χ0v) is 16.1. The SMILES string of the molecule is CN=C(NCC(=O)NC1CCCCC1)N1CCN(c2ccc(F)cc2)CC1. The van der Waals surface area contributed by atoms with Crippen molar-refractivity contribution in [3.8, 4) is 0 Å². The predicted octanol–water partition coefficient (Wildman–Crippen LogP) is 1.97. The number of hydrogen-bond donors (Lipinski definition) is 2. The van der Waals surface area contributed by atoms with Gasteiger partial charge in [-0.1, -0.05) is 19.3 Å². The molecule has 1 amide bonds. The van der Waals surface area contributed by atoms with Crippen LogP contribution in [0.4, 0.5) is 10.1 Å². The lowest BCUT2D eigenvalue weighted by Gasteiger charge is -2.37. The third kappa shape index (κ3) is 5.58. The molecular formula is C20H30FN5O. The summed E-state index contributed by atoms with van der Waals surface area (Å²) in [4.78, 5) is 20.9. The van der Waals surface area contributed by atoms with Gasteiger partial charge in [-0.2, -0.15) is 0 Å². The van der Waals surface area contributed by atoms with Gasteiger partial charge in [-0.15, -0.1) is 0 Å². The molecule has 1 aliphatic carbocycles. The fourth-order valence-electron chi connectivity index (χ4n) is 3.85. The van der Waals surface area contributed by atoms with E-state index in [-0.39, 0.29) is 18.3 Å². The number of hydrogen-bond acceptors (Lipinski definition) is 3. The molecule has 1 aliphatic heterocycles. The highest BCUT2D eigenvalue weighted by molar-refractivity contribution is 5.86. The van der Waals surface area contributed by atoms with E-state index in [0.29, 0.717) is 6.04 Å². The number of amides is 1. The molecule has 2 aliphatic rings. The van der Waals surface area contributed by atoms with Gasteiger partial charge in [0.2, 0.25) is 5.91 Å². The standard InChI is InChI=1S/C20H30FN5O/c1-22-20(23-15-19(27)24-17-5-3-2-4-6-17)26-13-11-25(12-14-26)18-9-7-16(21)8-10-18/h7-10,17H,2-6,11-15H2,1H3,(H,22,23)(H,24,27). The number of guanidine groups is 1. The van der Waals surface area contributed by atoms with Crippen LogP contribution in [-0.4, -0.2) is 62.6 Å². The van der Waals surface area contributed by atoms with Crippen LogP contribution in [0.25, 0.3) is 0 Å². The molecule has 148 valence electrons. The van der Waals surface area contributed by atoms with Crippen LogP contribution >= 0.6 is 0 Å². The van der Waals surface area contributed by atoms with Crippen molar-refractivity contribution in [2.75, 3.05) is 44.7 Å². The first-order valence-corrected chi connectivity index (χ1v) is 9.91. The maximum Gasteiger partial charge on any atom is 0.239 e. The first-order valence-electron chi connectivity index (χ1n) is 9.91. The van der Waals surface area contributed by atoms with Gasteiger partial charge in [0.15, 0.2) is 5.96 Å². The van der Waals surface area contributed by atoms with Crippen LogP contribution in [0, 0.1) is 5.82 Å². The highest BCUT2D eigenvalue weighted by atomic mass is 19.1.